The number of hydrogen-bond donors (Lipinski definition) is 19. The minimum absolute atomic E-state index is 0.0268. The van der Waals surface area contributed by atoms with E-state index in [9.17, 15) is 77.3 Å². The lowest BCUT2D eigenvalue weighted by molar-refractivity contribution is -0.149. The van der Waals surface area contributed by atoms with Gasteiger partial charge in [0.1, 0.15) is 78.5 Å². The molecule has 19 amide bonds. The largest absolute Gasteiger partial charge is 0.481 e. The molecule has 714 valence electrons. The molecule has 13 atom stereocenters. The minimum atomic E-state index is -1.99. The summed E-state index contributed by atoms with van der Waals surface area (Å²) < 4.78 is 0. The van der Waals surface area contributed by atoms with Crippen LogP contribution in [-0.2, 0) is 112 Å². The molecule has 6 aromatic rings. The molecule has 22 N–H and O–H groups in total. The van der Waals surface area contributed by atoms with Crippen molar-refractivity contribution in [3.63, 3.8) is 0 Å². The summed E-state index contributed by atoms with van der Waals surface area (Å²) >= 11 is 0.763. The van der Waals surface area contributed by atoms with Gasteiger partial charge in [-0.2, -0.15) is 0 Å². The van der Waals surface area contributed by atoms with E-state index in [2.05, 4.69) is 78.4 Å². The number of aliphatic hydroxyl groups excluding tert-OH is 1. The lowest BCUT2D eigenvalue weighted by Gasteiger charge is -2.36. The number of carbonyl (C=O) groups excluding carboxylic acids is 18. The number of aromatic amines is 3. The van der Waals surface area contributed by atoms with Gasteiger partial charge in [0, 0.05) is 119 Å². The summed E-state index contributed by atoms with van der Waals surface area (Å²) in [6.07, 6.45) is 3.81. The van der Waals surface area contributed by atoms with Crippen molar-refractivity contribution < 1.29 is 101 Å². The predicted octanol–water partition coefficient (Wildman–Crippen LogP) is -3.52. The van der Waals surface area contributed by atoms with Crippen molar-refractivity contribution in [3.8, 4) is 0 Å². The molecule has 44 nitrogen and oxygen atoms in total. The number of benzene rings is 3. The number of carbonyl (C=O) groups is 19. The molecule has 0 saturated carbocycles. The molecule has 3 aromatic carbocycles. The summed E-state index contributed by atoms with van der Waals surface area (Å²) in [4.78, 5) is 290. The highest BCUT2D eigenvalue weighted by molar-refractivity contribution is 8.00. The number of carboxylic acid groups (broad SMARTS) is 1. The van der Waals surface area contributed by atoms with Crippen LogP contribution in [0.15, 0.2) is 104 Å². The number of fused-ring (bicyclic) bond motifs is 3. The number of carboxylic acids is 1. The Kier molecular flexibility index (Phi) is 39.3. The van der Waals surface area contributed by atoms with E-state index in [1.807, 2.05) is 13.8 Å². The van der Waals surface area contributed by atoms with Crippen molar-refractivity contribution in [1.82, 2.24) is 103 Å². The monoisotopic (exact) mass is 1850 g/mol. The molecule has 2 fully saturated rings. The molecule has 0 spiro atoms. The average molecular weight is 1860 g/mol. The van der Waals surface area contributed by atoms with Crippen molar-refractivity contribution in [3.05, 3.63) is 126 Å². The fourth-order valence-corrected chi connectivity index (χ4v) is 16.3. The molecule has 5 heterocycles. The molecule has 0 aliphatic carbocycles. The van der Waals surface area contributed by atoms with E-state index in [0.29, 0.717) is 64.2 Å². The summed E-state index contributed by atoms with van der Waals surface area (Å²) in [5.41, 5.74) is 19.4. The number of likely N-dealkylation sites (N-methyl/N-ethyl adjacent to an activating group) is 4. The Morgan fingerprint density at radius 1 is 0.508 bits per heavy atom. The Morgan fingerprint density at radius 3 is 1.64 bits per heavy atom. The van der Waals surface area contributed by atoms with Gasteiger partial charge in [0.25, 0.3) is 0 Å². The van der Waals surface area contributed by atoms with Gasteiger partial charge in [-0.1, -0.05) is 106 Å². The molecule has 132 heavy (non-hydrogen) atoms. The number of nitrogens with two attached hydrogens (primary N) is 3. The van der Waals surface area contributed by atoms with Gasteiger partial charge in [0.05, 0.1) is 44.6 Å². The van der Waals surface area contributed by atoms with Crippen LogP contribution in [0.2, 0.25) is 0 Å². The predicted molar refractivity (Wildman–Crippen MR) is 480 cm³/mol. The summed E-state index contributed by atoms with van der Waals surface area (Å²) in [7, 11) is 4.95. The Hall–Kier alpha value is -14.0. The number of para-hydroxylation sites is 2. The van der Waals surface area contributed by atoms with Crippen LogP contribution in [0.1, 0.15) is 120 Å². The molecular formula is C87H119N23O21S. The average Bonchev–Trinajstić information content (AvgIpc) is 1.48. The van der Waals surface area contributed by atoms with E-state index in [1.165, 1.54) is 40.6 Å². The lowest BCUT2D eigenvalue weighted by Crippen LogP contribution is -2.61. The molecule has 2 aliphatic rings. The van der Waals surface area contributed by atoms with Crippen molar-refractivity contribution in [2.24, 2.45) is 17.2 Å². The van der Waals surface area contributed by atoms with Crippen LogP contribution in [0.5, 0.6) is 0 Å². The number of aliphatic carboxylic acids is 1. The first-order chi connectivity index (χ1) is 62.9. The number of hydrogen-bond acceptors (Lipinski definition) is 22. The first-order valence-corrected chi connectivity index (χ1v) is 44.5. The van der Waals surface area contributed by atoms with Gasteiger partial charge >= 0.3 is 12.0 Å². The number of aromatic nitrogens is 4. The highest BCUT2D eigenvalue weighted by Crippen LogP contribution is 2.26. The van der Waals surface area contributed by atoms with Gasteiger partial charge in [-0.15, -0.1) is 11.8 Å². The molecular weight excluding hydrogens is 1740 g/mol. The Morgan fingerprint density at radius 2 is 1.04 bits per heavy atom. The third kappa shape index (κ3) is 29.8. The normalized spacial score (nSPS) is 23.4. The van der Waals surface area contributed by atoms with Crippen LogP contribution in [0.25, 0.3) is 21.8 Å². The zero-order valence-corrected chi connectivity index (χ0v) is 75.4. The summed E-state index contributed by atoms with van der Waals surface area (Å²) in [5, 5.41) is 50.5. The number of amides is 19. The minimum Gasteiger partial charge on any atom is -0.481 e. The van der Waals surface area contributed by atoms with E-state index in [4.69, 9.17) is 17.2 Å². The molecule has 0 radical (unpaired) electrons. The molecule has 0 bridgehead atoms. The number of urea groups is 1. The molecule has 2 saturated heterocycles. The summed E-state index contributed by atoms with van der Waals surface area (Å²) in [6.45, 7) is 1.82. The molecule has 2 aliphatic heterocycles. The number of aliphatic hydroxyl groups is 1. The molecule has 3 aromatic heterocycles. The number of primary amides is 3. The van der Waals surface area contributed by atoms with Crippen LogP contribution >= 0.6 is 11.8 Å². The summed E-state index contributed by atoms with van der Waals surface area (Å²) in [5.74, 6) is -19.6. The van der Waals surface area contributed by atoms with Crippen LogP contribution in [-0.4, -0.2) is 318 Å². The fraction of sp³-hybridized carbons (Fsp3) is 0.494. The van der Waals surface area contributed by atoms with E-state index >= 15 is 24.0 Å². The third-order valence-electron chi connectivity index (χ3n) is 22.8. The second kappa shape index (κ2) is 50.2. The van der Waals surface area contributed by atoms with Gasteiger partial charge in [-0.3, -0.25) is 86.3 Å². The van der Waals surface area contributed by atoms with Crippen molar-refractivity contribution in [1.29, 1.82) is 0 Å². The first kappa shape index (κ1) is 103. The van der Waals surface area contributed by atoms with Gasteiger partial charge in [-0.05, 0) is 74.3 Å². The maximum Gasteiger partial charge on any atom is 0.312 e. The Bertz CT molecular complexity index is 5110. The molecule has 0 unspecified atom stereocenters. The fourth-order valence-electron chi connectivity index (χ4n) is 15.5. The highest BCUT2D eigenvalue weighted by Gasteiger charge is 2.44. The van der Waals surface area contributed by atoms with Crippen molar-refractivity contribution >= 4 is 146 Å². The number of unbranched alkanes of at least 4 members (excludes halogenated alkanes) is 2. The maximum absolute atomic E-state index is 15.7. The van der Waals surface area contributed by atoms with Gasteiger partial charge in [0.2, 0.25) is 100 Å². The molecule has 45 heteroatoms. The second-order valence-corrected chi connectivity index (χ2v) is 33.6. The number of nitrogens with one attached hydrogen (secondary N) is 14. The Balaban J connectivity index is 1.18. The standard InChI is InChI=1S/C87H119N23O21S/c1-8-10-28-66-80(124)99-57(27-19-31-92-87(90)131)76(120)105-65(75(119)95-42-70(89)113)45-132-46-72(115)98-60(33-49-21-13-12-14-22-49)83(127)107(5)48(3)74(118)101-62(37-69(88)112)85(129)110-32-20-30-67(110)81(125)100-59(36-52-41-91-47-96-52)78(122)103-63(38-73(116)117)82(126)106(4)43-71(114)97-58(34-50-39-93-55-25-17-15-23-53(50)55)77(121)104-64(44-111)79(123)102-61(35-51-40-94-56-26-18-16-24-54(51)56)84(128)109(7)68(29-11-9-2)86(130)108(66)6/h12-18,21-26,39-41,47-48,57-68,93-94,111H,8-11,19-20,27-38,42-46H2,1-7H3,(H2,88,112)(H2,89,113)(H,91,96)(H,95,119)(H,97,114)(H,98,115)(H,99,124)(H,100,125)(H,101,118)(H,102,123)(H,103,122)(H,104,121)(H,105,120)(H,116,117)(H3,90,92,131)/t48-,57-,58-,59-,60-,61-,62-,63-,64-,65-,66-,67-,68-/m0/s1. The third-order valence-corrected chi connectivity index (χ3v) is 23.8. The lowest BCUT2D eigenvalue weighted by atomic mass is 10.00. The smallest absolute Gasteiger partial charge is 0.312 e. The van der Waals surface area contributed by atoms with E-state index in [0.717, 1.165) is 43.3 Å². The van der Waals surface area contributed by atoms with Crippen LogP contribution in [0.3, 0.4) is 0 Å². The first-order valence-electron chi connectivity index (χ1n) is 43.4. The maximum atomic E-state index is 15.7. The SMILES string of the molecule is CCCC[C@H]1C(=O)N(C)[C@@H](CCCC)C(=O)N[C@@H](CCCNC(N)=O)C(=O)N[C@H](C(=O)NCC(N)=O)CSCC(=O)N[C@@H](Cc2ccccc2)C(=O)N(C)[C@@H](C)C(=O)N[C@@H](CC(N)=O)C(=O)N2CCC[C@H]2C(=O)N[C@@H](Cc2cnc[nH]2)C(=O)N[C@@H](CC(=O)O)C(=O)N(C)CC(=O)N[C@@H](Cc2c[nH]c3ccccc23)C(=O)N[C@@H](CO)C(=O)N[C@@H](Cc2c[nH]c3ccccc23)C(=O)N1C. The Labute approximate surface area is 764 Å². The highest BCUT2D eigenvalue weighted by atomic mass is 32.2. The topological polar surface area (TPSA) is 652 Å². The zero-order chi connectivity index (χ0) is 96.6. The number of nitrogens with zero attached hydrogens (tertiary/aromatic N) is 6. The van der Waals surface area contributed by atoms with E-state index < -0.39 is 241 Å². The van der Waals surface area contributed by atoms with Crippen LogP contribution in [0.4, 0.5) is 4.79 Å². The van der Waals surface area contributed by atoms with Crippen LogP contribution < -0.4 is 75.7 Å². The number of imidazole rings is 1. The van der Waals surface area contributed by atoms with Crippen molar-refractivity contribution in [2.75, 3.05) is 72.5 Å². The van der Waals surface area contributed by atoms with Crippen LogP contribution in [0, 0.1) is 0 Å². The van der Waals surface area contributed by atoms with E-state index in [-0.39, 0.29) is 76.6 Å². The van der Waals surface area contributed by atoms with Crippen molar-refractivity contribution in [2.45, 2.75) is 202 Å². The summed E-state index contributed by atoms with van der Waals surface area (Å²) in [6, 6.07) is 0.177. The van der Waals surface area contributed by atoms with Gasteiger partial charge < -0.3 is 125 Å². The number of thioether (sulfide) groups is 1. The molecule has 8 rings (SSSR count). The second-order valence-electron chi connectivity index (χ2n) is 32.6. The zero-order valence-electron chi connectivity index (χ0n) is 74.6. The quantitative estimate of drug-likeness (QED) is 0.0234. The van der Waals surface area contributed by atoms with E-state index in [1.54, 1.807) is 91.3 Å². The number of rotatable bonds is 26. The van der Waals surface area contributed by atoms with Gasteiger partial charge in [0.15, 0.2) is 0 Å². The van der Waals surface area contributed by atoms with Gasteiger partial charge in [-0.25, -0.2) is 9.78 Å². The number of H-pyrrole nitrogens is 3.